The average Bonchev–Trinajstić information content (AvgIpc) is 3.11. The van der Waals surface area contributed by atoms with E-state index in [-0.39, 0.29) is 34.2 Å². The Morgan fingerprint density at radius 3 is 2.38 bits per heavy atom. The van der Waals surface area contributed by atoms with Gasteiger partial charge in [0, 0.05) is 35.9 Å². The van der Waals surface area contributed by atoms with Gasteiger partial charge in [0.2, 0.25) is 0 Å². The zero-order chi connectivity index (χ0) is 18.4. The maximum atomic E-state index is 11.2. The minimum Gasteiger partial charge on any atom is -0.377 e. The van der Waals surface area contributed by atoms with Crippen molar-refractivity contribution in [2.75, 3.05) is 5.32 Å². The summed E-state index contributed by atoms with van der Waals surface area (Å²) in [5.74, 6) is 0.329. The van der Waals surface area contributed by atoms with Crippen molar-refractivity contribution in [3.8, 4) is 0 Å². The minimum absolute atomic E-state index is 0.00320. The van der Waals surface area contributed by atoms with Crippen LogP contribution in [0, 0.1) is 33.1 Å². The number of rotatable bonds is 3. The summed E-state index contributed by atoms with van der Waals surface area (Å²) in [5, 5.41) is 25.6. The van der Waals surface area contributed by atoms with Crippen LogP contribution in [0.3, 0.4) is 0 Å². The second-order valence-electron chi connectivity index (χ2n) is 6.81. The molecule has 1 aliphatic heterocycles. The summed E-state index contributed by atoms with van der Waals surface area (Å²) in [6.45, 7) is 1.87. The number of non-ortho nitro benzene ring substituents is 2. The maximum Gasteiger partial charge on any atom is 0.270 e. The summed E-state index contributed by atoms with van der Waals surface area (Å²) in [4.78, 5) is 21.3. The number of benzene rings is 2. The summed E-state index contributed by atoms with van der Waals surface area (Å²) in [7, 11) is 0. The van der Waals surface area contributed by atoms with Crippen molar-refractivity contribution in [3.63, 3.8) is 0 Å². The van der Waals surface area contributed by atoms with E-state index in [4.69, 9.17) is 0 Å². The van der Waals surface area contributed by atoms with Gasteiger partial charge in [0.1, 0.15) is 0 Å². The fourth-order valence-corrected chi connectivity index (χ4v) is 4.11. The third-order valence-electron chi connectivity index (χ3n) is 5.32. The van der Waals surface area contributed by atoms with E-state index in [0.717, 1.165) is 28.8 Å². The second-order valence-corrected chi connectivity index (χ2v) is 6.81. The van der Waals surface area contributed by atoms with Gasteiger partial charge in [0.25, 0.3) is 11.4 Å². The van der Waals surface area contributed by atoms with Crippen LogP contribution in [0.4, 0.5) is 17.1 Å². The third kappa shape index (κ3) is 2.52. The molecule has 0 aromatic heterocycles. The third-order valence-corrected chi connectivity index (χ3v) is 5.32. The van der Waals surface area contributed by atoms with Gasteiger partial charge in [0.05, 0.1) is 15.9 Å². The Balaban J connectivity index is 1.77. The van der Waals surface area contributed by atoms with Gasteiger partial charge in [-0.25, -0.2) is 0 Å². The summed E-state index contributed by atoms with van der Waals surface area (Å²) >= 11 is 0. The Bertz CT molecular complexity index is 937. The summed E-state index contributed by atoms with van der Waals surface area (Å²) in [6.07, 6.45) is 5.09. The molecular formula is C19H17N3O4. The van der Waals surface area contributed by atoms with Gasteiger partial charge in [-0.1, -0.05) is 24.3 Å². The fraction of sp³-hybridized carbons (Fsp3) is 0.263. The van der Waals surface area contributed by atoms with Gasteiger partial charge in [-0.15, -0.1) is 0 Å². The topological polar surface area (TPSA) is 98.3 Å². The number of nitro benzene ring substituents is 2. The van der Waals surface area contributed by atoms with E-state index in [1.807, 2.05) is 6.92 Å². The van der Waals surface area contributed by atoms with Crippen molar-refractivity contribution < 1.29 is 9.85 Å². The number of nitro groups is 2. The van der Waals surface area contributed by atoms with Crippen LogP contribution in [0.1, 0.15) is 35.1 Å². The van der Waals surface area contributed by atoms with Gasteiger partial charge >= 0.3 is 0 Å². The molecule has 132 valence electrons. The molecule has 3 atom stereocenters. The second kappa shape index (κ2) is 5.94. The van der Waals surface area contributed by atoms with E-state index in [0.29, 0.717) is 0 Å². The summed E-state index contributed by atoms with van der Waals surface area (Å²) in [6, 6.07) is 9.86. The molecule has 26 heavy (non-hydrogen) atoms. The first kappa shape index (κ1) is 16.3. The van der Waals surface area contributed by atoms with Crippen LogP contribution in [0.5, 0.6) is 0 Å². The molecular weight excluding hydrogens is 334 g/mol. The number of nitrogens with one attached hydrogen (secondary N) is 1. The molecule has 0 unspecified atom stereocenters. The van der Waals surface area contributed by atoms with Crippen molar-refractivity contribution in [3.05, 3.63) is 85.5 Å². The molecule has 0 saturated carbocycles. The zero-order valence-electron chi connectivity index (χ0n) is 14.1. The molecule has 1 heterocycles. The van der Waals surface area contributed by atoms with Crippen LogP contribution in [0.2, 0.25) is 0 Å². The highest BCUT2D eigenvalue weighted by molar-refractivity contribution is 5.67. The molecule has 2 aliphatic rings. The molecule has 0 bridgehead atoms. The molecule has 0 fully saturated rings. The molecule has 2 aromatic rings. The van der Waals surface area contributed by atoms with Gasteiger partial charge in [-0.3, -0.25) is 20.2 Å². The van der Waals surface area contributed by atoms with Gasteiger partial charge in [-0.2, -0.15) is 0 Å². The van der Waals surface area contributed by atoms with Gasteiger partial charge < -0.3 is 5.32 Å². The highest BCUT2D eigenvalue weighted by Gasteiger charge is 2.39. The number of aryl methyl sites for hydroxylation is 1. The molecule has 0 amide bonds. The largest absolute Gasteiger partial charge is 0.377 e. The van der Waals surface area contributed by atoms with E-state index in [2.05, 4.69) is 17.5 Å². The molecule has 1 aliphatic carbocycles. The lowest BCUT2D eigenvalue weighted by atomic mass is 9.76. The Morgan fingerprint density at radius 1 is 1.04 bits per heavy atom. The van der Waals surface area contributed by atoms with Gasteiger partial charge in [-0.05, 0) is 36.0 Å². The lowest BCUT2D eigenvalue weighted by Gasteiger charge is -2.38. The van der Waals surface area contributed by atoms with Crippen molar-refractivity contribution >= 4 is 17.1 Å². The Hall–Kier alpha value is -3.22. The van der Waals surface area contributed by atoms with Crippen molar-refractivity contribution in [1.82, 2.24) is 0 Å². The molecule has 7 nitrogen and oxygen atoms in total. The lowest BCUT2D eigenvalue weighted by molar-refractivity contribution is -0.385. The number of hydrogen-bond acceptors (Lipinski definition) is 5. The summed E-state index contributed by atoms with van der Waals surface area (Å²) in [5.41, 5.74) is 3.87. The predicted octanol–water partition coefficient (Wildman–Crippen LogP) is 4.64. The highest BCUT2D eigenvalue weighted by atomic mass is 16.6. The minimum atomic E-state index is -0.406. The molecule has 1 N–H and O–H groups in total. The number of anilines is 1. The first-order valence-corrected chi connectivity index (χ1v) is 8.42. The number of nitrogens with zero attached hydrogens (tertiary/aromatic N) is 2. The van der Waals surface area contributed by atoms with Crippen LogP contribution in [-0.4, -0.2) is 9.85 Å². The molecule has 0 spiro atoms. The Morgan fingerprint density at radius 2 is 1.73 bits per heavy atom. The van der Waals surface area contributed by atoms with E-state index in [9.17, 15) is 20.2 Å². The van der Waals surface area contributed by atoms with Gasteiger partial charge in [0.15, 0.2) is 0 Å². The van der Waals surface area contributed by atoms with E-state index >= 15 is 0 Å². The van der Waals surface area contributed by atoms with E-state index in [1.54, 1.807) is 24.3 Å². The fourth-order valence-electron chi connectivity index (χ4n) is 4.11. The van der Waals surface area contributed by atoms with Crippen LogP contribution in [0.25, 0.3) is 0 Å². The number of fused-ring (bicyclic) bond motifs is 3. The number of allylic oxidation sites excluding steroid dienone is 2. The van der Waals surface area contributed by atoms with E-state index < -0.39 is 4.92 Å². The van der Waals surface area contributed by atoms with Crippen LogP contribution in [-0.2, 0) is 0 Å². The molecule has 7 heteroatoms. The van der Waals surface area contributed by atoms with Crippen LogP contribution < -0.4 is 5.32 Å². The standard InChI is InChI=1S/C19H17N3O4/c1-11-9-14(22(25)26)10-17-15-3-2-4-16(15)19(20-18(11)17)12-5-7-13(8-6-12)21(23)24/h2-3,5-10,15-16,19-20H,4H2,1H3/t15-,16+,19-/m1/s1. The van der Waals surface area contributed by atoms with Crippen molar-refractivity contribution in [2.24, 2.45) is 5.92 Å². The Labute approximate surface area is 149 Å². The average molecular weight is 351 g/mol. The smallest absolute Gasteiger partial charge is 0.270 e. The zero-order valence-corrected chi connectivity index (χ0v) is 14.1. The molecule has 0 radical (unpaired) electrons. The highest BCUT2D eigenvalue weighted by Crippen LogP contribution is 2.51. The molecule has 2 aromatic carbocycles. The SMILES string of the molecule is Cc1cc([N+](=O)[O-])cc2c1N[C@H](c1ccc([N+](=O)[O-])cc1)[C@H]1CC=C[C@@H]21. The summed E-state index contributed by atoms with van der Waals surface area (Å²) < 4.78 is 0. The lowest BCUT2D eigenvalue weighted by Crippen LogP contribution is -2.29. The monoisotopic (exact) mass is 351 g/mol. The molecule has 0 saturated heterocycles. The first-order valence-electron chi connectivity index (χ1n) is 8.42. The molecule has 4 rings (SSSR count). The number of hydrogen-bond donors (Lipinski definition) is 1. The predicted molar refractivity (Wildman–Crippen MR) is 97.3 cm³/mol. The van der Waals surface area contributed by atoms with Crippen LogP contribution in [0.15, 0.2) is 48.6 Å². The van der Waals surface area contributed by atoms with Crippen molar-refractivity contribution in [2.45, 2.75) is 25.3 Å². The normalized spacial score (nSPS) is 23.0. The van der Waals surface area contributed by atoms with Crippen LogP contribution >= 0.6 is 0 Å². The van der Waals surface area contributed by atoms with Crippen molar-refractivity contribution in [1.29, 1.82) is 0 Å². The first-order chi connectivity index (χ1) is 12.5. The Kier molecular flexibility index (Phi) is 3.72. The quantitative estimate of drug-likeness (QED) is 0.493. The van der Waals surface area contributed by atoms with E-state index in [1.165, 1.54) is 12.1 Å². The maximum absolute atomic E-state index is 11.2.